The number of nitrogens with one attached hydrogen (secondary N) is 1. The molecule has 0 radical (unpaired) electrons. The highest BCUT2D eigenvalue weighted by Crippen LogP contribution is 2.27. The maximum absolute atomic E-state index is 13.8. The van der Waals surface area contributed by atoms with Crippen LogP contribution >= 0.6 is 0 Å². The van der Waals surface area contributed by atoms with E-state index in [0.717, 1.165) is 32.5 Å². The lowest BCUT2D eigenvalue weighted by Crippen LogP contribution is -2.42. The molecule has 0 unspecified atom stereocenters. The van der Waals surface area contributed by atoms with Gasteiger partial charge in [0.05, 0.1) is 12.8 Å². The Kier molecular flexibility index (Phi) is 4.42. The molecule has 0 saturated carbocycles. The Morgan fingerprint density at radius 2 is 2.11 bits per heavy atom. The van der Waals surface area contributed by atoms with Gasteiger partial charge >= 0.3 is 0 Å². The second-order valence-electron chi connectivity index (χ2n) is 4.64. The van der Waals surface area contributed by atoms with Gasteiger partial charge in [0.1, 0.15) is 11.6 Å². The molecule has 0 atom stereocenters. The number of benzene rings is 1. The van der Waals surface area contributed by atoms with Crippen molar-refractivity contribution in [3.8, 4) is 5.75 Å². The van der Waals surface area contributed by atoms with E-state index in [9.17, 15) is 4.39 Å². The van der Waals surface area contributed by atoms with Crippen LogP contribution in [-0.4, -0.2) is 32.8 Å². The molecule has 1 aromatic rings. The summed E-state index contributed by atoms with van der Waals surface area (Å²) in [6.07, 6.45) is 2.12. The number of piperidine rings is 1. The molecule has 0 aliphatic carbocycles. The topological polar surface area (TPSA) is 24.5 Å². The van der Waals surface area contributed by atoms with Gasteiger partial charge in [-0.05, 0) is 31.5 Å². The molecule has 18 heavy (non-hydrogen) atoms. The highest BCUT2D eigenvalue weighted by atomic mass is 19.1. The number of nitrogens with zero attached hydrogens (tertiary/aromatic N) is 1. The van der Waals surface area contributed by atoms with Crippen LogP contribution < -0.4 is 15.0 Å². The van der Waals surface area contributed by atoms with Crippen molar-refractivity contribution in [3.63, 3.8) is 0 Å². The average molecular weight is 252 g/mol. The number of ether oxygens (including phenoxy) is 1. The first-order valence-electron chi connectivity index (χ1n) is 6.56. The SMILES string of the molecule is CCNC1CCN(c2cc(OC)ccc2F)CC1. The minimum absolute atomic E-state index is 0.169. The van der Waals surface area contributed by atoms with E-state index in [1.54, 1.807) is 19.2 Å². The van der Waals surface area contributed by atoms with E-state index >= 15 is 0 Å². The van der Waals surface area contributed by atoms with Gasteiger partial charge in [-0.25, -0.2) is 4.39 Å². The fourth-order valence-corrected chi connectivity index (χ4v) is 2.47. The van der Waals surface area contributed by atoms with Crippen molar-refractivity contribution >= 4 is 5.69 Å². The summed E-state index contributed by atoms with van der Waals surface area (Å²) in [5.74, 6) is 0.540. The van der Waals surface area contributed by atoms with Gasteiger partial charge in [0.2, 0.25) is 0 Å². The maximum atomic E-state index is 13.8. The van der Waals surface area contributed by atoms with Gasteiger partial charge in [0.15, 0.2) is 0 Å². The molecule has 1 heterocycles. The standard InChI is InChI=1S/C14H21FN2O/c1-3-16-11-6-8-17(9-7-11)14-10-12(18-2)4-5-13(14)15/h4-5,10-11,16H,3,6-9H2,1-2H3. The average Bonchev–Trinajstić information content (AvgIpc) is 2.41. The minimum atomic E-state index is -0.169. The summed E-state index contributed by atoms with van der Waals surface area (Å²) in [6, 6.07) is 5.48. The molecule has 4 heteroatoms. The van der Waals surface area contributed by atoms with Crippen LogP contribution in [0.15, 0.2) is 18.2 Å². The number of halogens is 1. The highest BCUT2D eigenvalue weighted by Gasteiger charge is 2.20. The van der Waals surface area contributed by atoms with Crippen molar-refractivity contribution < 1.29 is 9.13 Å². The van der Waals surface area contributed by atoms with Gasteiger partial charge < -0.3 is 15.0 Å². The fraction of sp³-hybridized carbons (Fsp3) is 0.571. The molecular weight excluding hydrogens is 231 g/mol. The largest absolute Gasteiger partial charge is 0.497 e. The highest BCUT2D eigenvalue weighted by molar-refractivity contribution is 5.52. The van der Waals surface area contributed by atoms with Crippen molar-refractivity contribution in [2.75, 3.05) is 31.6 Å². The number of anilines is 1. The molecule has 2 rings (SSSR count). The molecule has 1 fully saturated rings. The first kappa shape index (κ1) is 13.1. The van der Waals surface area contributed by atoms with Crippen LogP contribution in [0.3, 0.4) is 0 Å². The minimum Gasteiger partial charge on any atom is -0.497 e. The summed E-state index contributed by atoms with van der Waals surface area (Å²) < 4.78 is 19.0. The van der Waals surface area contributed by atoms with Crippen LogP contribution in [0.1, 0.15) is 19.8 Å². The van der Waals surface area contributed by atoms with E-state index in [0.29, 0.717) is 17.5 Å². The Labute approximate surface area is 108 Å². The summed E-state index contributed by atoms with van der Waals surface area (Å²) in [7, 11) is 1.61. The third-order valence-electron chi connectivity index (χ3n) is 3.48. The Morgan fingerprint density at radius 3 is 2.72 bits per heavy atom. The van der Waals surface area contributed by atoms with Crippen molar-refractivity contribution in [3.05, 3.63) is 24.0 Å². The zero-order valence-electron chi connectivity index (χ0n) is 11.1. The van der Waals surface area contributed by atoms with Gasteiger partial charge in [-0.1, -0.05) is 6.92 Å². The quantitative estimate of drug-likeness (QED) is 0.890. The van der Waals surface area contributed by atoms with Crippen molar-refractivity contribution in [1.29, 1.82) is 0 Å². The van der Waals surface area contributed by atoms with E-state index in [4.69, 9.17) is 4.74 Å². The van der Waals surface area contributed by atoms with Crippen LogP contribution in [0.4, 0.5) is 10.1 Å². The summed E-state index contributed by atoms with van der Waals surface area (Å²) in [5, 5.41) is 3.45. The van der Waals surface area contributed by atoms with Crippen LogP contribution in [0.25, 0.3) is 0 Å². The van der Waals surface area contributed by atoms with E-state index in [1.165, 1.54) is 6.07 Å². The zero-order valence-corrected chi connectivity index (χ0v) is 11.1. The van der Waals surface area contributed by atoms with E-state index in [2.05, 4.69) is 17.1 Å². The van der Waals surface area contributed by atoms with E-state index in [1.807, 2.05) is 0 Å². The molecule has 100 valence electrons. The molecule has 1 aromatic carbocycles. The molecule has 0 amide bonds. The van der Waals surface area contributed by atoms with E-state index < -0.39 is 0 Å². The van der Waals surface area contributed by atoms with Gasteiger partial charge in [0.25, 0.3) is 0 Å². The predicted molar refractivity (Wildman–Crippen MR) is 71.9 cm³/mol. The Hall–Kier alpha value is -1.29. The first-order chi connectivity index (χ1) is 8.74. The van der Waals surface area contributed by atoms with Gasteiger partial charge in [-0.2, -0.15) is 0 Å². The Balaban J connectivity index is 2.04. The third kappa shape index (κ3) is 2.93. The van der Waals surface area contributed by atoms with Gasteiger partial charge in [0, 0.05) is 25.2 Å². The lowest BCUT2D eigenvalue weighted by Gasteiger charge is -2.34. The lowest BCUT2D eigenvalue weighted by molar-refractivity contribution is 0.409. The molecule has 0 spiro atoms. The molecule has 1 N–H and O–H groups in total. The van der Waals surface area contributed by atoms with Crippen molar-refractivity contribution in [1.82, 2.24) is 5.32 Å². The Morgan fingerprint density at radius 1 is 1.39 bits per heavy atom. The molecule has 1 aliphatic rings. The van der Waals surface area contributed by atoms with Crippen LogP contribution in [0.2, 0.25) is 0 Å². The molecule has 0 aromatic heterocycles. The summed E-state index contributed by atoms with van der Waals surface area (Å²) in [6.45, 7) is 4.90. The summed E-state index contributed by atoms with van der Waals surface area (Å²) >= 11 is 0. The predicted octanol–water partition coefficient (Wildman–Crippen LogP) is 2.41. The summed E-state index contributed by atoms with van der Waals surface area (Å²) in [5.41, 5.74) is 0.657. The van der Waals surface area contributed by atoms with Gasteiger partial charge in [-0.3, -0.25) is 0 Å². The number of methoxy groups -OCH3 is 1. The monoisotopic (exact) mass is 252 g/mol. The number of rotatable bonds is 4. The summed E-state index contributed by atoms with van der Waals surface area (Å²) in [4.78, 5) is 2.10. The number of hydrogen-bond donors (Lipinski definition) is 1. The Bertz CT molecular complexity index is 389. The first-order valence-corrected chi connectivity index (χ1v) is 6.56. The van der Waals surface area contributed by atoms with Crippen molar-refractivity contribution in [2.45, 2.75) is 25.8 Å². The fourth-order valence-electron chi connectivity index (χ4n) is 2.47. The van der Waals surface area contributed by atoms with Crippen LogP contribution in [0, 0.1) is 5.82 Å². The zero-order chi connectivity index (χ0) is 13.0. The van der Waals surface area contributed by atoms with Gasteiger partial charge in [-0.15, -0.1) is 0 Å². The molecular formula is C14H21FN2O. The second kappa shape index (κ2) is 6.05. The van der Waals surface area contributed by atoms with Crippen LogP contribution in [0.5, 0.6) is 5.75 Å². The normalized spacial score (nSPS) is 16.9. The molecule has 0 bridgehead atoms. The third-order valence-corrected chi connectivity index (χ3v) is 3.48. The lowest BCUT2D eigenvalue weighted by atomic mass is 10.0. The molecule has 1 aliphatic heterocycles. The van der Waals surface area contributed by atoms with Crippen LogP contribution in [-0.2, 0) is 0 Å². The van der Waals surface area contributed by atoms with Crippen molar-refractivity contribution in [2.24, 2.45) is 0 Å². The molecule has 1 saturated heterocycles. The number of hydrogen-bond acceptors (Lipinski definition) is 3. The maximum Gasteiger partial charge on any atom is 0.146 e. The second-order valence-corrected chi connectivity index (χ2v) is 4.64. The smallest absolute Gasteiger partial charge is 0.146 e. The molecule has 3 nitrogen and oxygen atoms in total. The van der Waals surface area contributed by atoms with E-state index in [-0.39, 0.29) is 5.82 Å².